The van der Waals surface area contributed by atoms with Gasteiger partial charge >= 0.3 is 0 Å². The maximum Gasteiger partial charge on any atom is 0.271 e. The number of rotatable bonds is 7. The van der Waals surface area contributed by atoms with Crippen LogP contribution in [-0.4, -0.2) is 31.4 Å². The number of carbonyl (C=O) groups excluding carboxylic acids is 1. The van der Waals surface area contributed by atoms with Crippen LogP contribution in [0.25, 0.3) is 0 Å². The number of nitriles is 1. The molecular weight excluding hydrogens is 436 g/mol. The number of nitrogens with zero attached hydrogens (tertiary/aromatic N) is 3. The van der Waals surface area contributed by atoms with Crippen LogP contribution in [-0.2, 0) is 16.6 Å². The van der Waals surface area contributed by atoms with Gasteiger partial charge in [0, 0.05) is 19.2 Å². The van der Waals surface area contributed by atoms with Gasteiger partial charge in [0.15, 0.2) is 0 Å². The lowest BCUT2D eigenvalue weighted by Gasteiger charge is -2.17. The Balaban J connectivity index is 1.63. The number of nitrogens with one attached hydrogen (secondary N) is 1. The van der Waals surface area contributed by atoms with E-state index in [1.54, 1.807) is 79.7 Å². The van der Waals surface area contributed by atoms with Crippen molar-refractivity contribution in [2.24, 2.45) is 5.10 Å². The molecule has 1 N–H and O–H groups in total. The Kier molecular flexibility index (Phi) is 7.38. The van der Waals surface area contributed by atoms with E-state index < -0.39 is 10.0 Å². The van der Waals surface area contributed by atoms with E-state index in [0.29, 0.717) is 16.8 Å². The minimum absolute atomic E-state index is 0.175. The fourth-order valence-electron chi connectivity index (χ4n) is 3.04. The first-order valence-corrected chi connectivity index (χ1v) is 11.6. The Bertz CT molecular complexity index is 1310. The maximum atomic E-state index is 12.8. The Hall–Kier alpha value is -3.80. The molecule has 0 aliphatic heterocycles. The third kappa shape index (κ3) is 5.92. The zero-order valence-corrected chi connectivity index (χ0v) is 19.4. The molecule has 8 heteroatoms. The van der Waals surface area contributed by atoms with Crippen molar-refractivity contribution in [3.8, 4) is 6.07 Å². The van der Waals surface area contributed by atoms with Crippen molar-refractivity contribution in [3.63, 3.8) is 0 Å². The first kappa shape index (κ1) is 23.9. The van der Waals surface area contributed by atoms with Crippen LogP contribution in [0.4, 0.5) is 0 Å². The summed E-state index contributed by atoms with van der Waals surface area (Å²) in [6.45, 7) is 3.83. The van der Waals surface area contributed by atoms with E-state index in [0.717, 1.165) is 16.7 Å². The van der Waals surface area contributed by atoms with Crippen molar-refractivity contribution in [1.29, 1.82) is 5.26 Å². The first-order chi connectivity index (χ1) is 15.7. The highest BCUT2D eigenvalue weighted by atomic mass is 32.2. The predicted molar refractivity (Wildman–Crippen MR) is 127 cm³/mol. The molecule has 0 aliphatic carbocycles. The maximum absolute atomic E-state index is 12.8. The Morgan fingerprint density at radius 1 is 0.970 bits per heavy atom. The lowest BCUT2D eigenvalue weighted by molar-refractivity contribution is 0.0955. The van der Waals surface area contributed by atoms with E-state index in [4.69, 9.17) is 5.26 Å². The van der Waals surface area contributed by atoms with Gasteiger partial charge in [0.05, 0.1) is 22.2 Å². The van der Waals surface area contributed by atoms with E-state index in [1.807, 2.05) is 6.92 Å². The zero-order valence-electron chi connectivity index (χ0n) is 18.6. The van der Waals surface area contributed by atoms with Gasteiger partial charge in [0.1, 0.15) is 0 Å². The van der Waals surface area contributed by atoms with Crippen LogP contribution in [0.1, 0.15) is 39.5 Å². The van der Waals surface area contributed by atoms with Crippen molar-refractivity contribution in [2.75, 3.05) is 7.05 Å². The average Bonchev–Trinajstić information content (AvgIpc) is 2.83. The smallest absolute Gasteiger partial charge is 0.267 e. The molecular formula is C25H24N4O3S. The summed E-state index contributed by atoms with van der Waals surface area (Å²) in [4.78, 5) is 12.7. The van der Waals surface area contributed by atoms with E-state index in [2.05, 4.69) is 16.6 Å². The monoisotopic (exact) mass is 460 g/mol. The number of amides is 1. The van der Waals surface area contributed by atoms with Crippen LogP contribution >= 0.6 is 0 Å². The molecule has 0 fully saturated rings. The van der Waals surface area contributed by atoms with Gasteiger partial charge < -0.3 is 0 Å². The molecule has 1 amide bonds. The Morgan fingerprint density at radius 2 is 1.55 bits per heavy atom. The number of hydrogen-bond acceptors (Lipinski definition) is 5. The van der Waals surface area contributed by atoms with Crippen molar-refractivity contribution >= 4 is 21.6 Å². The molecule has 0 bridgehead atoms. The molecule has 3 aromatic rings. The van der Waals surface area contributed by atoms with Crippen LogP contribution < -0.4 is 5.43 Å². The predicted octanol–water partition coefficient (Wildman–Crippen LogP) is 3.84. The number of hydrazone groups is 1. The summed E-state index contributed by atoms with van der Waals surface area (Å²) in [5.41, 5.74) is 6.60. The minimum atomic E-state index is -3.61. The largest absolute Gasteiger partial charge is 0.271 e. The van der Waals surface area contributed by atoms with Crippen LogP contribution in [0.15, 0.2) is 82.8 Å². The highest BCUT2D eigenvalue weighted by molar-refractivity contribution is 7.89. The van der Waals surface area contributed by atoms with Gasteiger partial charge in [-0.3, -0.25) is 4.79 Å². The van der Waals surface area contributed by atoms with Crippen LogP contribution in [0.2, 0.25) is 0 Å². The van der Waals surface area contributed by atoms with Crippen molar-refractivity contribution in [3.05, 3.63) is 101 Å². The topological polar surface area (TPSA) is 103 Å². The van der Waals surface area contributed by atoms with Gasteiger partial charge in [-0.25, -0.2) is 13.8 Å². The summed E-state index contributed by atoms with van der Waals surface area (Å²) in [7, 11) is -2.09. The van der Waals surface area contributed by atoms with Crippen molar-refractivity contribution < 1.29 is 13.2 Å². The average molecular weight is 461 g/mol. The molecule has 3 aromatic carbocycles. The number of benzene rings is 3. The van der Waals surface area contributed by atoms with E-state index in [1.165, 1.54) is 11.4 Å². The van der Waals surface area contributed by atoms with E-state index >= 15 is 0 Å². The summed E-state index contributed by atoms with van der Waals surface area (Å²) >= 11 is 0. The molecule has 0 aliphatic rings. The number of carbonyl (C=O) groups is 1. The summed E-state index contributed by atoms with van der Waals surface area (Å²) in [5, 5.41) is 13.0. The zero-order chi connectivity index (χ0) is 24.0. The second kappa shape index (κ2) is 10.2. The Morgan fingerprint density at radius 3 is 2.12 bits per heavy atom. The highest BCUT2D eigenvalue weighted by Gasteiger charge is 2.20. The number of hydrogen-bond donors (Lipinski definition) is 1. The molecule has 0 spiro atoms. The third-order valence-electron chi connectivity index (χ3n) is 5.11. The van der Waals surface area contributed by atoms with Crippen LogP contribution in [0, 0.1) is 18.3 Å². The van der Waals surface area contributed by atoms with Gasteiger partial charge in [0.25, 0.3) is 5.91 Å². The molecule has 3 rings (SSSR count). The molecule has 0 saturated carbocycles. The van der Waals surface area contributed by atoms with Crippen molar-refractivity contribution in [2.45, 2.75) is 25.3 Å². The van der Waals surface area contributed by atoms with E-state index in [9.17, 15) is 13.2 Å². The lowest BCUT2D eigenvalue weighted by atomic mass is 10.1. The molecule has 7 nitrogen and oxygen atoms in total. The minimum Gasteiger partial charge on any atom is -0.267 e. The molecule has 168 valence electrons. The fraction of sp³-hybridized carbons (Fsp3) is 0.160. The van der Waals surface area contributed by atoms with Gasteiger partial charge in [-0.1, -0.05) is 42.0 Å². The summed E-state index contributed by atoms with van der Waals surface area (Å²) in [5.74, 6) is -0.379. The van der Waals surface area contributed by atoms with Gasteiger partial charge in [-0.2, -0.15) is 14.7 Å². The van der Waals surface area contributed by atoms with Gasteiger partial charge in [0.2, 0.25) is 10.0 Å². The number of aryl methyl sites for hydroxylation is 1. The van der Waals surface area contributed by atoms with Crippen LogP contribution in [0.3, 0.4) is 0 Å². The first-order valence-electron chi connectivity index (χ1n) is 10.2. The molecule has 33 heavy (non-hydrogen) atoms. The molecule has 0 aromatic heterocycles. The quantitative estimate of drug-likeness (QED) is 0.427. The molecule has 0 radical (unpaired) electrons. The van der Waals surface area contributed by atoms with Crippen molar-refractivity contribution in [1.82, 2.24) is 9.73 Å². The second-order valence-electron chi connectivity index (χ2n) is 7.60. The standard InChI is InChI=1S/C25H24N4O3S/c1-18-4-14-24(15-5-18)33(31,32)29(3)17-21-8-12-23(13-9-21)25(30)28-27-19(2)22-10-6-20(16-26)7-11-22/h4-15H,17H2,1-3H3,(H,28,30)/b27-19+. The Labute approximate surface area is 194 Å². The van der Waals surface area contributed by atoms with Gasteiger partial charge in [-0.05, 0) is 61.4 Å². The lowest BCUT2D eigenvalue weighted by Crippen LogP contribution is -2.26. The molecule has 0 heterocycles. The normalized spacial score (nSPS) is 11.8. The van der Waals surface area contributed by atoms with E-state index in [-0.39, 0.29) is 17.3 Å². The SMILES string of the molecule is C/C(=N\NC(=O)c1ccc(CN(C)S(=O)(=O)c2ccc(C)cc2)cc1)c1ccc(C#N)cc1. The summed E-state index contributed by atoms with van der Waals surface area (Å²) in [6.07, 6.45) is 0. The molecule has 0 saturated heterocycles. The highest BCUT2D eigenvalue weighted by Crippen LogP contribution is 2.18. The van der Waals surface area contributed by atoms with Gasteiger partial charge in [-0.15, -0.1) is 0 Å². The fourth-order valence-corrected chi connectivity index (χ4v) is 4.20. The van der Waals surface area contributed by atoms with Crippen LogP contribution in [0.5, 0.6) is 0 Å². The number of sulfonamides is 1. The summed E-state index contributed by atoms with van der Waals surface area (Å²) < 4.78 is 26.8. The molecule has 0 atom stereocenters. The second-order valence-corrected chi connectivity index (χ2v) is 9.64. The molecule has 0 unspecified atom stereocenters. The summed E-state index contributed by atoms with van der Waals surface area (Å²) in [6, 6.07) is 22.4. The third-order valence-corrected chi connectivity index (χ3v) is 6.93.